The molecule has 29 heavy (non-hydrogen) atoms. The molecule has 1 saturated heterocycles. The minimum Gasteiger partial charge on any atom is -0.378 e. The van der Waals surface area contributed by atoms with Gasteiger partial charge in [-0.25, -0.2) is 0 Å². The first-order chi connectivity index (χ1) is 13.9. The van der Waals surface area contributed by atoms with E-state index in [1.165, 1.54) is 19.4 Å². The monoisotopic (exact) mass is 406 g/mol. The van der Waals surface area contributed by atoms with E-state index < -0.39 is 23.8 Å². The van der Waals surface area contributed by atoms with Crippen LogP contribution in [0.15, 0.2) is 36.5 Å². The largest absolute Gasteiger partial charge is 0.418 e. The summed E-state index contributed by atoms with van der Waals surface area (Å²) in [7, 11) is 1.48. The number of alkyl halides is 3. The predicted octanol–water partition coefficient (Wildman–Crippen LogP) is 3.68. The van der Waals surface area contributed by atoms with E-state index in [1.54, 1.807) is 6.07 Å². The molecule has 1 aromatic carbocycles. The van der Waals surface area contributed by atoms with Gasteiger partial charge in [-0.2, -0.15) is 13.2 Å². The molecule has 5 nitrogen and oxygen atoms in total. The molecule has 2 aromatic rings. The molecule has 1 fully saturated rings. The molecule has 0 amide bonds. The number of benzene rings is 1. The van der Waals surface area contributed by atoms with Gasteiger partial charge in [-0.1, -0.05) is 0 Å². The number of rotatable bonds is 4. The van der Waals surface area contributed by atoms with Crippen LogP contribution in [0.2, 0.25) is 0 Å². The third-order valence-corrected chi connectivity index (χ3v) is 5.55. The number of methoxy groups -OCH3 is 1. The Hall–Kier alpha value is -2.45. The standard InChI is InChI=1S/C21H21F3N2O3/c1-28-20-15-11-13(26-7-9-29-10-8-26)4-5-14(15)19(27)16(20)12-18-17(21(22,23)24)3-2-6-25-18/h2-6,11,16,20H,7-10,12H2,1H3. The van der Waals surface area contributed by atoms with Crippen LogP contribution >= 0.6 is 0 Å². The van der Waals surface area contributed by atoms with Crippen LogP contribution in [0.1, 0.15) is 33.3 Å². The van der Waals surface area contributed by atoms with Crippen LogP contribution in [0.3, 0.4) is 0 Å². The second-order valence-electron chi connectivity index (χ2n) is 7.20. The zero-order chi connectivity index (χ0) is 20.6. The number of carbonyl (C=O) groups is 1. The molecule has 4 rings (SSSR count). The van der Waals surface area contributed by atoms with Crippen molar-refractivity contribution in [1.82, 2.24) is 4.98 Å². The number of aromatic nitrogens is 1. The van der Waals surface area contributed by atoms with Crippen molar-refractivity contribution in [3.63, 3.8) is 0 Å². The van der Waals surface area contributed by atoms with Gasteiger partial charge in [0.1, 0.15) is 0 Å². The van der Waals surface area contributed by atoms with E-state index in [0.29, 0.717) is 18.8 Å². The molecule has 0 bridgehead atoms. The van der Waals surface area contributed by atoms with Gasteiger partial charge < -0.3 is 14.4 Å². The third-order valence-electron chi connectivity index (χ3n) is 5.55. The number of halogens is 3. The SMILES string of the molecule is COC1c2cc(N3CCOCC3)ccc2C(=O)C1Cc1ncccc1C(F)(F)F. The number of morpholine rings is 1. The fourth-order valence-electron chi connectivity index (χ4n) is 4.14. The lowest BCUT2D eigenvalue weighted by molar-refractivity contribution is -0.138. The molecule has 2 heterocycles. The quantitative estimate of drug-likeness (QED) is 0.776. The highest BCUT2D eigenvalue weighted by Crippen LogP contribution is 2.43. The summed E-state index contributed by atoms with van der Waals surface area (Å²) >= 11 is 0. The molecule has 154 valence electrons. The van der Waals surface area contributed by atoms with E-state index in [1.807, 2.05) is 12.1 Å². The van der Waals surface area contributed by atoms with Gasteiger partial charge >= 0.3 is 6.18 Å². The Kier molecular flexibility index (Phi) is 5.31. The Balaban J connectivity index is 1.65. The number of ether oxygens (including phenoxy) is 2. The number of anilines is 1. The molecule has 1 aliphatic heterocycles. The predicted molar refractivity (Wildman–Crippen MR) is 100.0 cm³/mol. The smallest absolute Gasteiger partial charge is 0.378 e. The van der Waals surface area contributed by atoms with Crippen LogP contribution in [0, 0.1) is 5.92 Å². The summed E-state index contributed by atoms with van der Waals surface area (Å²) in [5, 5.41) is 0. The minimum absolute atomic E-state index is 0.130. The van der Waals surface area contributed by atoms with E-state index >= 15 is 0 Å². The van der Waals surface area contributed by atoms with Gasteiger partial charge in [0.05, 0.1) is 36.5 Å². The summed E-state index contributed by atoms with van der Waals surface area (Å²) in [6, 6.07) is 7.78. The Morgan fingerprint density at radius 1 is 1.24 bits per heavy atom. The van der Waals surface area contributed by atoms with Crippen LogP contribution in [0.25, 0.3) is 0 Å². The Morgan fingerprint density at radius 3 is 2.69 bits per heavy atom. The number of carbonyl (C=O) groups excluding carboxylic acids is 1. The number of ketones is 1. The molecular weight excluding hydrogens is 385 g/mol. The van der Waals surface area contributed by atoms with Crippen molar-refractivity contribution in [2.24, 2.45) is 5.92 Å². The molecule has 0 N–H and O–H groups in total. The van der Waals surface area contributed by atoms with Gasteiger partial charge in [0.2, 0.25) is 0 Å². The van der Waals surface area contributed by atoms with Crippen molar-refractivity contribution in [3.05, 3.63) is 58.9 Å². The maximum absolute atomic E-state index is 13.3. The average Bonchev–Trinajstić information content (AvgIpc) is 2.99. The first-order valence-electron chi connectivity index (χ1n) is 9.45. The summed E-state index contributed by atoms with van der Waals surface area (Å²) < 4.78 is 51.0. The second-order valence-corrected chi connectivity index (χ2v) is 7.20. The summed E-state index contributed by atoms with van der Waals surface area (Å²) in [6.07, 6.45) is -3.95. The maximum atomic E-state index is 13.3. The van der Waals surface area contributed by atoms with E-state index in [-0.39, 0.29) is 17.9 Å². The van der Waals surface area contributed by atoms with E-state index in [0.717, 1.165) is 30.4 Å². The van der Waals surface area contributed by atoms with Crippen molar-refractivity contribution in [3.8, 4) is 0 Å². The van der Waals surface area contributed by atoms with Crippen LogP contribution in [0.4, 0.5) is 18.9 Å². The highest BCUT2D eigenvalue weighted by Gasteiger charge is 2.42. The fraction of sp³-hybridized carbons (Fsp3) is 0.429. The highest BCUT2D eigenvalue weighted by atomic mass is 19.4. The molecule has 1 aromatic heterocycles. The molecule has 8 heteroatoms. The van der Waals surface area contributed by atoms with Crippen LogP contribution < -0.4 is 4.90 Å². The maximum Gasteiger partial charge on any atom is 0.418 e. The summed E-state index contributed by atoms with van der Waals surface area (Å²) in [5.74, 6) is -0.954. The van der Waals surface area contributed by atoms with Crippen molar-refractivity contribution < 1.29 is 27.4 Å². The molecule has 2 atom stereocenters. The normalized spacial score (nSPS) is 22.1. The van der Waals surface area contributed by atoms with E-state index in [4.69, 9.17) is 9.47 Å². The van der Waals surface area contributed by atoms with Gasteiger partial charge in [-0.05, 0) is 35.9 Å². The lowest BCUT2D eigenvalue weighted by Gasteiger charge is -2.29. The first-order valence-corrected chi connectivity index (χ1v) is 9.45. The van der Waals surface area contributed by atoms with Crippen LogP contribution in [-0.4, -0.2) is 44.2 Å². The Morgan fingerprint density at radius 2 is 2.00 bits per heavy atom. The number of hydrogen-bond acceptors (Lipinski definition) is 5. The third kappa shape index (κ3) is 3.74. The van der Waals surface area contributed by atoms with Gasteiger partial charge in [-0.3, -0.25) is 9.78 Å². The van der Waals surface area contributed by atoms with Gasteiger partial charge in [0, 0.05) is 44.1 Å². The molecule has 0 spiro atoms. The summed E-state index contributed by atoms with van der Waals surface area (Å²) in [6.45, 7) is 2.76. The average molecular weight is 406 g/mol. The molecule has 0 radical (unpaired) electrons. The van der Waals surface area contributed by atoms with E-state index in [2.05, 4.69) is 9.88 Å². The van der Waals surface area contributed by atoms with Crippen molar-refractivity contribution in [1.29, 1.82) is 0 Å². The number of fused-ring (bicyclic) bond motifs is 1. The Labute approximate surface area is 166 Å². The van der Waals surface area contributed by atoms with Crippen LogP contribution in [-0.2, 0) is 22.1 Å². The topological polar surface area (TPSA) is 51.7 Å². The zero-order valence-corrected chi connectivity index (χ0v) is 15.9. The lowest BCUT2D eigenvalue weighted by Crippen LogP contribution is -2.36. The zero-order valence-electron chi connectivity index (χ0n) is 15.9. The number of nitrogens with zero attached hydrogens (tertiary/aromatic N) is 2. The van der Waals surface area contributed by atoms with Gasteiger partial charge in [-0.15, -0.1) is 0 Å². The molecule has 2 unspecified atom stereocenters. The van der Waals surface area contributed by atoms with Gasteiger partial charge in [0.25, 0.3) is 0 Å². The molecule has 1 aliphatic carbocycles. The number of Topliss-reactive ketones (excluding diaryl/α,β-unsaturated/α-hetero) is 1. The highest BCUT2D eigenvalue weighted by molar-refractivity contribution is 6.03. The summed E-state index contributed by atoms with van der Waals surface area (Å²) in [4.78, 5) is 19.1. The van der Waals surface area contributed by atoms with Crippen LogP contribution in [0.5, 0.6) is 0 Å². The lowest BCUT2D eigenvalue weighted by atomic mass is 9.94. The molecule has 2 aliphatic rings. The van der Waals surface area contributed by atoms with Gasteiger partial charge in [0.15, 0.2) is 5.78 Å². The van der Waals surface area contributed by atoms with E-state index in [9.17, 15) is 18.0 Å². The fourth-order valence-corrected chi connectivity index (χ4v) is 4.14. The first kappa shape index (κ1) is 19.8. The van der Waals surface area contributed by atoms with Crippen molar-refractivity contribution in [2.45, 2.75) is 18.7 Å². The number of hydrogen-bond donors (Lipinski definition) is 0. The van der Waals surface area contributed by atoms with Crippen molar-refractivity contribution in [2.75, 3.05) is 38.3 Å². The second kappa shape index (κ2) is 7.76. The number of pyridine rings is 1. The summed E-state index contributed by atoms with van der Waals surface area (Å²) in [5.41, 5.74) is 1.23. The minimum atomic E-state index is -4.52. The van der Waals surface area contributed by atoms with Crippen molar-refractivity contribution >= 4 is 11.5 Å². The Bertz CT molecular complexity index is 910. The molecular formula is C21H21F3N2O3. The molecule has 0 saturated carbocycles.